The Kier molecular flexibility index (Phi) is 5.24. The van der Waals surface area contributed by atoms with Crippen molar-refractivity contribution in [3.05, 3.63) is 42.1 Å². The van der Waals surface area contributed by atoms with Gasteiger partial charge in [-0.15, -0.1) is 0 Å². The maximum atomic E-state index is 12.5. The topological polar surface area (TPSA) is 64.1 Å². The summed E-state index contributed by atoms with van der Waals surface area (Å²) in [5, 5.41) is 3.95. The van der Waals surface area contributed by atoms with Gasteiger partial charge in [0.25, 0.3) is 5.91 Å². The van der Waals surface area contributed by atoms with Gasteiger partial charge in [-0.2, -0.15) is 4.98 Å². The minimum atomic E-state index is -1.81. The molecule has 0 saturated carbocycles. The number of carbonyl (C=O) groups excluding carboxylic acids is 1. The zero-order valence-corrected chi connectivity index (χ0v) is 17.2. The van der Waals surface area contributed by atoms with Gasteiger partial charge in [-0.3, -0.25) is 4.79 Å². The molecule has 0 radical (unpaired) electrons. The van der Waals surface area contributed by atoms with Crippen molar-refractivity contribution in [1.29, 1.82) is 0 Å². The third-order valence-corrected chi connectivity index (χ3v) is 6.02. The molecule has 0 spiro atoms. The Labute approximate surface area is 145 Å². The van der Waals surface area contributed by atoms with Gasteiger partial charge >= 0.3 is 6.01 Å². The van der Waals surface area contributed by atoms with Crippen molar-refractivity contribution in [2.45, 2.75) is 39.3 Å². The Morgan fingerprint density at radius 2 is 1.67 bits per heavy atom. The van der Waals surface area contributed by atoms with E-state index in [1.165, 1.54) is 0 Å². The summed E-state index contributed by atoms with van der Waals surface area (Å²) in [6.45, 7) is 12.8. The Morgan fingerprint density at radius 3 is 2.21 bits per heavy atom. The fraction of sp³-hybridized carbons (Fsp3) is 0.353. The Balaban J connectivity index is 2.37. The van der Waals surface area contributed by atoms with Gasteiger partial charge in [-0.25, -0.2) is 4.98 Å². The van der Waals surface area contributed by atoms with E-state index < -0.39 is 16.4 Å². The van der Waals surface area contributed by atoms with Crippen LogP contribution in [0, 0.1) is 0 Å². The number of hydrogen-bond donors (Lipinski definition) is 1. The molecule has 2 aromatic rings. The molecule has 1 aromatic carbocycles. The summed E-state index contributed by atoms with van der Waals surface area (Å²) in [6.07, 6.45) is 1.80. The first-order valence-electron chi connectivity index (χ1n) is 7.99. The molecular weight excluding hydrogens is 334 g/mol. The number of carbonyl (C=O) groups is 1. The first kappa shape index (κ1) is 18.3. The second-order valence-corrected chi connectivity index (χ2v) is 17.2. The van der Waals surface area contributed by atoms with Crippen LogP contribution in [0.3, 0.4) is 0 Å². The predicted molar refractivity (Wildman–Crippen MR) is 103 cm³/mol. The van der Waals surface area contributed by atoms with Gasteiger partial charge in [-0.1, -0.05) is 37.8 Å². The highest BCUT2D eigenvalue weighted by Gasteiger charge is 2.25. The van der Waals surface area contributed by atoms with Crippen LogP contribution in [0.15, 0.2) is 36.5 Å². The van der Waals surface area contributed by atoms with Gasteiger partial charge in [0.05, 0.1) is 8.07 Å². The van der Waals surface area contributed by atoms with Crippen molar-refractivity contribution in [2.75, 3.05) is 5.32 Å². The van der Waals surface area contributed by atoms with Crippen molar-refractivity contribution in [1.82, 2.24) is 9.97 Å². The zero-order valence-electron chi connectivity index (χ0n) is 15.2. The van der Waals surface area contributed by atoms with Gasteiger partial charge in [0, 0.05) is 11.8 Å². The molecule has 0 atom stereocenters. The van der Waals surface area contributed by atoms with E-state index in [0.717, 1.165) is 5.19 Å². The average molecular weight is 360 g/mol. The van der Waals surface area contributed by atoms with E-state index in [-0.39, 0.29) is 5.91 Å². The van der Waals surface area contributed by atoms with Crippen molar-refractivity contribution in [2.24, 2.45) is 0 Å². The van der Waals surface area contributed by atoms with Crippen LogP contribution in [0.1, 0.15) is 10.4 Å². The number of nitrogens with zero attached hydrogens (tertiary/aromatic N) is 2. The number of aromatic nitrogens is 2. The quantitative estimate of drug-likeness (QED) is 0.830. The fourth-order valence-electron chi connectivity index (χ4n) is 2.10. The molecular formula is C17H25N3O2Si2. The largest absolute Gasteiger partial charge is 0.518 e. The molecule has 1 aromatic heterocycles. The summed E-state index contributed by atoms with van der Waals surface area (Å²) in [4.78, 5) is 21.4. The molecule has 128 valence electrons. The lowest BCUT2D eigenvalue weighted by molar-refractivity contribution is 0.102. The van der Waals surface area contributed by atoms with Crippen LogP contribution in [-0.4, -0.2) is 32.3 Å². The third-order valence-electron chi connectivity index (χ3n) is 3.24. The Morgan fingerprint density at radius 1 is 1.04 bits per heavy atom. The summed E-state index contributed by atoms with van der Waals surface area (Å²) in [5.41, 5.74) is 0.602. The van der Waals surface area contributed by atoms with Gasteiger partial charge in [-0.05, 0) is 37.0 Å². The molecule has 2 rings (SSSR count). The highest BCUT2D eigenvalue weighted by molar-refractivity contribution is 6.89. The summed E-state index contributed by atoms with van der Waals surface area (Å²) in [7, 11) is -3.53. The number of benzene rings is 1. The van der Waals surface area contributed by atoms with Crippen molar-refractivity contribution in [3.63, 3.8) is 0 Å². The maximum absolute atomic E-state index is 12.5. The van der Waals surface area contributed by atoms with E-state index in [9.17, 15) is 4.79 Å². The molecule has 0 aliphatic rings. The number of rotatable bonds is 5. The lowest BCUT2D eigenvalue weighted by Gasteiger charge is -2.22. The highest BCUT2D eigenvalue weighted by atomic mass is 28.4. The van der Waals surface area contributed by atoms with E-state index in [2.05, 4.69) is 54.6 Å². The second-order valence-electron chi connectivity index (χ2n) is 7.70. The van der Waals surface area contributed by atoms with Crippen LogP contribution in [0.4, 0.5) is 5.82 Å². The van der Waals surface area contributed by atoms with Crippen LogP contribution in [-0.2, 0) is 0 Å². The maximum Gasteiger partial charge on any atom is 0.304 e. The number of nitrogens with one attached hydrogen (secondary N) is 1. The van der Waals surface area contributed by atoms with E-state index in [1.54, 1.807) is 18.3 Å². The van der Waals surface area contributed by atoms with Crippen molar-refractivity contribution < 1.29 is 9.22 Å². The normalized spacial score (nSPS) is 11.9. The molecule has 24 heavy (non-hydrogen) atoms. The lowest BCUT2D eigenvalue weighted by Crippen LogP contribution is -2.41. The molecule has 7 heteroatoms. The van der Waals surface area contributed by atoms with Crippen LogP contribution < -0.4 is 14.9 Å². The van der Waals surface area contributed by atoms with E-state index in [4.69, 9.17) is 4.43 Å². The van der Waals surface area contributed by atoms with Crippen molar-refractivity contribution >= 4 is 33.3 Å². The van der Waals surface area contributed by atoms with Gasteiger partial charge < -0.3 is 9.74 Å². The van der Waals surface area contributed by atoms with E-state index in [1.807, 2.05) is 18.2 Å². The summed E-state index contributed by atoms with van der Waals surface area (Å²) >= 11 is 0. The standard InChI is InChI=1S/C17H25N3O2Si2/c1-23(2,3)14-12-18-17(22-24(4,5)6)20-15(14)19-16(21)13-10-8-7-9-11-13/h7-12H,1-6H3,(H,18,19,20,21). The third kappa shape index (κ3) is 5.00. The first-order valence-corrected chi connectivity index (χ1v) is 14.9. The smallest absolute Gasteiger partial charge is 0.304 e. The molecule has 0 fully saturated rings. The molecule has 1 heterocycles. The number of anilines is 1. The summed E-state index contributed by atoms with van der Waals surface area (Å²) < 4.78 is 5.88. The van der Waals surface area contributed by atoms with E-state index in [0.29, 0.717) is 17.4 Å². The number of amides is 1. The minimum Gasteiger partial charge on any atom is -0.518 e. The fourth-order valence-corrected chi connectivity index (χ4v) is 4.03. The number of hydrogen-bond acceptors (Lipinski definition) is 4. The average Bonchev–Trinajstić information content (AvgIpc) is 2.45. The summed E-state index contributed by atoms with van der Waals surface area (Å²) in [5.74, 6) is 0.388. The molecule has 0 unspecified atom stereocenters. The molecule has 0 saturated heterocycles. The zero-order chi connectivity index (χ0) is 18.0. The van der Waals surface area contributed by atoms with Gasteiger partial charge in [0.1, 0.15) is 5.82 Å². The molecule has 1 amide bonds. The minimum absolute atomic E-state index is 0.173. The SMILES string of the molecule is C[Si](C)(C)Oc1ncc([Si](C)(C)C)c(NC(=O)c2ccccc2)n1. The molecule has 1 N–H and O–H groups in total. The monoisotopic (exact) mass is 359 g/mol. The van der Waals surface area contributed by atoms with Crippen molar-refractivity contribution in [3.8, 4) is 6.01 Å². The molecule has 0 aliphatic heterocycles. The summed E-state index contributed by atoms with van der Waals surface area (Å²) in [6, 6.07) is 9.46. The lowest BCUT2D eigenvalue weighted by atomic mass is 10.2. The molecule has 0 aliphatic carbocycles. The second kappa shape index (κ2) is 6.86. The molecule has 5 nitrogen and oxygen atoms in total. The van der Waals surface area contributed by atoms with Gasteiger partial charge in [0.2, 0.25) is 8.32 Å². The van der Waals surface area contributed by atoms with Gasteiger partial charge in [0.15, 0.2) is 0 Å². The van der Waals surface area contributed by atoms with Crippen LogP contribution in [0.25, 0.3) is 0 Å². The molecule has 0 bridgehead atoms. The van der Waals surface area contributed by atoms with E-state index >= 15 is 0 Å². The Bertz CT molecular complexity index is 723. The van der Waals surface area contributed by atoms with Crippen LogP contribution in [0.5, 0.6) is 6.01 Å². The highest BCUT2D eigenvalue weighted by Crippen LogP contribution is 2.16. The Hall–Kier alpha value is -2.00. The van der Waals surface area contributed by atoms with Crippen LogP contribution in [0.2, 0.25) is 39.3 Å². The first-order chi connectivity index (χ1) is 11.1. The van der Waals surface area contributed by atoms with Crippen LogP contribution >= 0.6 is 0 Å². The predicted octanol–water partition coefficient (Wildman–Crippen LogP) is 3.49.